The van der Waals surface area contributed by atoms with Crippen molar-refractivity contribution in [3.8, 4) is 11.1 Å². The number of aromatic nitrogens is 4. The Hall–Kier alpha value is -4.40. The van der Waals surface area contributed by atoms with Crippen LogP contribution in [-0.4, -0.2) is 60.4 Å². The van der Waals surface area contributed by atoms with E-state index in [1.165, 1.54) is 12.5 Å². The fourth-order valence-corrected chi connectivity index (χ4v) is 6.29. The first kappa shape index (κ1) is 27.8. The molecule has 0 spiro atoms. The lowest BCUT2D eigenvalue weighted by atomic mass is 10.0. The molecule has 2 aromatic heterocycles. The highest BCUT2D eigenvalue weighted by Gasteiger charge is 2.64. The summed E-state index contributed by atoms with van der Waals surface area (Å²) in [6, 6.07) is 15.4. The van der Waals surface area contributed by atoms with Gasteiger partial charge in [0.1, 0.15) is 24.1 Å². The van der Waals surface area contributed by atoms with Gasteiger partial charge in [-0.2, -0.15) is 5.10 Å². The molecule has 1 saturated heterocycles. The molecule has 4 aromatic rings. The zero-order valence-electron chi connectivity index (χ0n) is 24.5. The molecule has 2 fully saturated rings. The summed E-state index contributed by atoms with van der Waals surface area (Å²) >= 11 is 0. The van der Waals surface area contributed by atoms with Gasteiger partial charge in [-0.05, 0) is 68.2 Å². The molecular formula is C33H36N6O3. The van der Waals surface area contributed by atoms with Crippen LogP contribution in [0.15, 0.2) is 60.9 Å². The number of carbonyl (C=O) groups excluding carboxylic acids is 3. The molecule has 9 nitrogen and oxygen atoms in total. The molecule has 4 atom stereocenters. The molecule has 2 aliphatic rings. The van der Waals surface area contributed by atoms with Gasteiger partial charge in [-0.15, -0.1) is 0 Å². The van der Waals surface area contributed by atoms with Crippen molar-refractivity contribution in [3.05, 3.63) is 78.0 Å². The van der Waals surface area contributed by atoms with Crippen molar-refractivity contribution in [1.29, 1.82) is 0 Å². The minimum absolute atomic E-state index is 0.0132. The molecule has 3 heterocycles. The van der Waals surface area contributed by atoms with E-state index in [1.807, 2.05) is 50.2 Å². The van der Waals surface area contributed by atoms with Gasteiger partial charge in [0.15, 0.2) is 5.78 Å². The maximum absolute atomic E-state index is 13.8. The normalized spacial score (nSPS) is 21.7. The summed E-state index contributed by atoms with van der Waals surface area (Å²) in [6.45, 7) is 7.42. The van der Waals surface area contributed by atoms with E-state index in [9.17, 15) is 14.4 Å². The number of carbonyl (C=O) groups is 3. The van der Waals surface area contributed by atoms with E-state index >= 15 is 0 Å². The van der Waals surface area contributed by atoms with Crippen LogP contribution in [-0.2, 0) is 22.6 Å². The van der Waals surface area contributed by atoms with Crippen molar-refractivity contribution in [2.24, 2.45) is 5.41 Å². The van der Waals surface area contributed by atoms with Crippen molar-refractivity contribution in [1.82, 2.24) is 30.0 Å². The molecule has 2 amide bonds. The van der Waals surface area contributed by atoms with E-state index in [-0.39, 0.29) is 41.6 Å². The second kappa shape index (κ2) is 10.8. The number of nitrogens with one attached hydrogen (secondary N) is 1. The van der Waals surface area contributed by atoms with Gasteiger partial charge >= 0.3 is 0 Å². The fraction of sp³-hybridized carbons (Fsp3) is 0.394. The number of hydrogen-bond acceptors (Lipinski definition) is 6. The van der Waals surface area contributed by atoms with Crippen LogP contribution in [0.1, 0.15) is 61.9 Å². The first-order valence-corrected chi connectivity index (χ1v) is 14.6. The van der Waals surface area contributed by atoms with Crippen LogP contribution < -0.4 is 5.32 Å². The Kier molecular flexibility index (Phi) is 7.12. The highest BCUT2D eigenvalue weighted by molar-refractivity contribution is 6.06. The van der Waals surface area contributed by atoms with Crippen LogP contribution in [0.5, 0.6) is 0 Å². The number of benzene rings is 2. The molecule has 0 bridgehead atoms. The Morgan fingerprint density at radius 2 is 1.79 bits per heavy atom. The zero-order valence-corrected chi connectivity index (χ0v) is 24.5. The first-order chi connectivity index (χ1) is 20.1. The van der Waals surface area contributed by atoms with Crippen LogP contribution in [0, 0.1) is 12.3 Å². The molecule has 42 heavy (non-hydrogen) atoms. The summed E-state index contributed by atoms with van der Waals surface area (Å²) in [4.78, 5) is 50.2. The van der Waals surface area contributed by atoms with Gasteiger partial charge in [0.05, 0.1) is 5.52 Å². The number of hydrogen-bond donors (Lipinski definition) is 1. The summed E-state index contributed by atoms with van der Waals surface area (Å²) < 4.78 is 1.60. The van der Waals surface area contributed by atoms with Crippen LogP contribution in [0.2, 0.25) is 0 Å². The number of likely N-dealkylation sites (tertiary alicyclic amines) is 1. The number of aryl methyl sites for hydroxylation is 2. The summed E-state index contributed by atoms with van der Waals surface area (Å²) in [5.41, 5.74) is 3.90. The molecule has 0 radical (unpaired) electrons. The highest BCUT2D eigenvalue weighted by atomic mass is 16.2. The Morgan fingerprint density at radius 3 is 2.50 bits per heavy atom. The third kappa shape index (κ3) is 5.31. The maximum atomic E-state index is 13.8. The number of Topliss-reactive ketones (excluding diaryl/α,β-unsaturated/α-hetero) is 1. The van der Waals surface area contributed by atoms with E-state index in [2.05, 4.69) is 39.4 Å². The summed E-state index contributed by atoms with van der Waals surface area (Å²) in [6.07, 6.45) is 6.74. The lowest BCUT2D eigenvalue weighted by Crippen LogP contribution is -2.50. The number of fused-ring (bicyclic) bond motifs is 2. The average Bonchev–Trinajstić information content (AvgIpc) is 3.34. The largest absolute Gasteiger partial charge is 0.352 e. The molecule has 2 aromatic carbocycles. The van der Waals surface area contributed by atoms with Gasteiger partial charge in [0.2, 0.25) is 11.8 Å². The van der Waals surface area contributed by atoms with Gasteiger partial charge in [0.25, 0.3) is 0 Å². The lowest BCUT2D eigenvalue weighted by molar-refractivity contribution is -0.140. The SMILES string of the molecule is CC(=O)c1nn(CC(=O)N2[C@H](C(=O)NC(C)CCc3ccccc3)C[C@@]3(C)C[C@@H]23)c2ccc(-c3cnc(C)nc3)cc12. The van der Waals surface area contributed by atoms with Crippen LogP contribution in [0.25, 0.3) is 22.0 Å². The van der Waals surface area contributed by atoms with Crippen molar-refractivity contribution < 1.29 is 14.4 Å². The van der Waals surface area contributed by atoms with E-state index in [4.69, 9.17) is 0 Å². The monoisotopic (exact) mass is 564 g/mol. The van der Waals surface area contributed by atoms with Crippen molar-refractivity contribution >= 4 is 28.5 Å². The molecule has 1 N–H and O–H groups in total. The fourth-order valence-electron chi connectivity index (χ4n) is 6.29. The maximum Gasteiger partial charge on any atom is 0.245 e. The molecular weight excluding hydrogens is 528 g/mol. The number of nitrogens with zero attached hydrogens (tertiary/aromatic N) is 5. The summed E-state index contributed by atoms with van der Waals surface area (Å²) in [5, 5.41) is 8.40. The van der Waals surface area contributed by atoms with E-state index in [1.54, 1.807) is 22.0 Å². The zero-order chi connectivity index (χ0) is 29.6. The molecule has 1 aliphatic carbocycles. The van der Waals surface area contributed by atoms with Crippen molar-refractivity contribution in [3.63, 3.8) is 0 Å². The van der Waals surface area contributed by atoms with Gasteiger partial charge in [0, 0.05) is 42.4 Å². The highest BCUT2D eigenvalue weighted by Crippen LogP contribution is 2.59. The Balaban J connectivity index is 1.20. The molecule has 1 unspecified atom stereocenters. The average molecular weight is 565 g/mol. The van der Waals surface area contributed by atoms with E-state index in [0.717, 1.165) is 30.4 Å². The molecule has 9 heteroatoms. The third-order valence-electron chi connectivity index (χ3n) is 8.81. The molecule has 1 saturated carbocycles. The Labute approximate surface area is 245 Å². The number of rotatable bonds is 9. The predicted molar refractivity (Wildman–Crippen MR) is 160 cm³/mol. The third-order valence-corrected chi connectivity index (χ3v) is 8.81. The number of ketones is 1. The smallest absolute Gasteiger partial charge is 0.245 e. The molecule has 216 valence electrons. The molecule has 1 aliphatic heterocycles. The van der Waals surface area contributed by atoms with E-state index in [0.29, 0.717) is 28.8 Å². The summed E-state index contributed by atoms with van der Waals surface area (Å²) in [5.74, 6) is 0.241. The van der Waals surface area contributed by atoms with Crippen LogP contribution in [0.3, 0.4) is 0 Å². The minimum Gasteiger partial charge on any atom is -0.352 e. The lowest BCUT2D eigenvalue weighted by Gasteiger charge is -2.28. The van der Waals surface area contributed by atoms with Gasteiger partial charge in [-0.1, -0.05) is 43.3 Å². The minimum atomic E-state index is -0.511. The van der Waals surface area contributed by atoms with E-state index < -0.39 is 6.04 Å². The first-order valence-electron chi connectivity index (χ1n) is 14.6. The summed E-state index contributed by atoms with van der Waals surface area (Å²) in [7, 11) is 0. The number of piperidine rings is 1. The van der Waals surface area contributed by atoms with Gasteiger partial charge in [-0.3, -0.25) is 19.1 Å². The van der Waals surface area contributed by atoms with Crippen molar-refractivity contribution in [2.75, 3.05) is 0 Å². The predicted octanol–water partition coefficient (Wildman–Crippen LogP) is 4.52. The topological polar surface area (TPSA) is 110 Å². The molecule has 6 rings (SSSR count). The Bertz CT molecular complexity index is 1660. The van der Waals surface area contributed by atoms with Gasteiger partial charge < -0.3 is 10.2 Å². The number of amides is 2. The quantitative estimate of drug-likeness (QED) is 0.299. The second-order valence-corrected chi connectivity index (χ2v) is 12.1. The standard InChI is InChI=1S/C33H36N6O3/c1-20(10-11-23-8-6-5-7-9-23)36-32(42)28-15-33(4)16-29(33)39(28)30(41)19-38-27-13-12-24(25-17-34-22(3)35-18-25)14-26(27)31(37-38)21(2)40/h5-9,12-14,17-18,20,28-29H,10-11,15-16,19H2,1-4H3,(H,36,42)/t20?,28-,29+,33-/m0/s1. The van der Waals surface area contributed by atoms with Crippen molar-refractivity contribution in [2.45, 2.75) is 78.0 Å². The van der Waals surface area contributed by atoms with Crippen LogP contribution in [0.4, 0.5) is 0 Å². The van der Waals surface area contributed by atoms with Crippen LogP contribution >= 0.6 is 0 Å². The second-order valence-electron chi connectivity index (χ2n) is 12.1. The van der Waals surface area contributed by atoms with Gasteiger partial charge in [-0.25, -0.2) is 9.97 Å². The Morgan fingerprint density at radius 1 is 1.05 bits per heavy atom.